The van der Waals surface area contributed by atoms with Gasteiger partial charge in [-0.2, -0.15) is 5.26 Å². The fourth-order valence-electron chi connectivity index (χ4n) is 8.62. The molecule has 2 aliphatic rings. The number of fused-ring (bicyclic) bond motifs is 1. The van der Waals surface area contributed by atoms with Crippen molar-refractivity contribution in [3.63, 3.8) is 0 Å². The van der Waals surface area contributed by atoms with Crippen LogP contribution in [-0.2, 0) is 19.1 Å². The summed E-state index contributed by atoms with van der Waals surface area (Å²) in [7, 11) is 0. The second-order valence-electron chi connectivity index (χ2n) is 18.3. The van der Waals surface area contributed by atoms with E-state index in [1.807, 2.05) is 46.8 Å². The van der Waals surface area contributed by atoms with E-state index in [9.17, 15) is 19.6 Å². The van der Waals surface area contributed by atoms with E-state index in [2.05, 4.69) is 61.5 Å². The number of nitrogens with zero attached hydrogens (tertiary/aromatic N) is 1. The lowest BCUT2D eigenvalue weighted by Gasteiger charge is -2.61. The maximum Gasteiger partial charge on any atom is 0.306 e. The second kappa shape index (κ2) is 13.5. The molecule has 0 aromatic carbocycles. The van der Waals surface area contributed by atoms with E-state index in [0.717, 1.165) is 56.9 Å². The molecule has 5 nitrogen and oxygen atoms in total. The Morgan fingerprint density at radius 1 is 0.956 bits per heavy atom. The van der Waals surface area contributed by atoms with E-state index in [0.29, 0.717) is 6.42 Å². The topological polar surface area (TPSA) is 84.2 Å². The van der Waals surface area contributed by atoms with Crippen molar-refractivity contribution < 1.29 is 19.1 Å². The van der Waals surface area contributed by atoms with Crippen LogP contribution in [0.1, 0.15) is 161 Å². The van der Waals surface area contributed by atoms with Gasteiger partial charge in [0.1, 0.15) is 11.7 Å². The average molecular weight is 624 g/mol. The van der Waals surface area contributed by atoms with Crippen LogP contribution in [0.15, 0.2) is 23.3 Å². The highest BCUT2D eigenvalue weighted by atomic mass is 16.6. The monoisotopic (exact) mass is 623 g/mol. The van der Waals surface area contributed by atoms with Gasteiger partial charge in [0, 0.05) is 17.3 Å². The van der Waals surface area contributed by atoms with Crippen molar-refractivity contribution >= 4 is 17.5 Å². The number of Topliss-reactive ketones (excluding diaryl/α,β-unsaturated/α-hetero) is 1. The molecule has 2 aliphatic carbocycles. The number of hydrogen-bond donors (Lipinski definition) is 0. The quantitative estimate of drug-likeness (QED) is 0.150. The summed E-state index contributed by atoms with van der Waals surface area (Å²) in [6.45, 7) is 29.7. The predicted molar refractivity (Wildman–Crippen MR) is 184 cm³/mol. The maximum absolute atomic E-state index is 13.3. The number of rotatable bonds is 13. The van der Waals surface area contributed by atoms with Crippen LogP contribution >= 0.6 is 0 Å². The molecule has 0 bridgehead atoms. The molecule has 0 unspecified atom stereocenters. The van der Waals surface area contributed by atoms with E-state index < -0.39 is 16.4 Å². The minimum atomic E-state index is -0.693. The Hall–Kier alpha value is -2.22. The molecule has 0 aliphatic heterocycles. The zero-order valence-corrected chi connectivity index (χ0v) is 31.4. The van der Waals surface area contributed by atoms with Crippen LogP contribution in [-0.4, -0.2) is 23.1 Å². The molecule has 1 saturated carbocycles. The molecule has 0 radical (unpaired) electrons. The molecule has 0 amide bonds. The maximum atomic E-state index is 13.3. The third kappa shape index (κ3) is 8.78. The van der Waals surface area contributed by atoms with Gasteiger partial charge in [-0.1, -0.05) is 87.3 Å². The minimum Gasteiger partial charge on any atom is -0.460 e. The fraction of sp³-hybridized carbons (Fsp3) is 0.800. The molecule has 0 saturated heterocycles. The van der Waals surface area contributed by atoms with Gasteiger partial charge in [0.25, 0.3) is 0 Å². The average Bonchev–Trinajstić information content (AvgIpc) is 2.89. The third-order valence-corrected chi connectivity index (χ3v) is 12.0. The van der Waals surface area contributed by atoms with Gasteiger partial charge in [0.2, 0.25) is 0 Å². The number of ketones is 2. The summed E-state index contributed by atoms with van der Waals surface area (Å²) in [5, 5.41) is 9.97. The zero-order chi connectivity index (χ0) is 34.9. The van der Waals surface area contributed by atoms with Crippen LogP contribution in [0.25, 0.3) is 0 Å². The third-order valence-electron chi connectivity index (χ3n) is 12.0. The standard InChI is InChI=1S/C40H65NO4/c1-15-18-35(6,7)21-23-38(12,19-17-32(43)45-34(3,4)5)24-22-36(8,9)40(14)20-16-30-37(10,11)33(44)29(27-41)26-39(30,13)31(40)25-28(2)42/h25-26,30H,15-24H2,1-14H3/b31-25-/t30-,38-,39-,40+/m0/s1. The smallest absolute Gasteiger partial charge is 0.306 e. The number of nitriles is 1. The van der Waals surface area contributed by atoms with Gasteiger partial charge in [0.15, 0.2) is 11.6 Å². The van der Waals surface area contributed by atoms with Crippen molar-refractivity contribution in [1.82, 2.24) is 0 Å². The lowest BCUT2D eigenvalue weighted by atomic mass is 9.42. The molecule has 45 heavy (non-hydrogen) atoms. The van der Waals surface area contributed by atoms with Gasteiger partial charge >= 0.3 is 5.97 Å². The summed E-state index contributed by atoms with van der Waals surface area (Å²) in [6, 6.07) is 2.19. The highest BCUT2D eigenvalue weighted by molar-refractivity contribution is 6.04. The Bertz CT molecular complexity index is 1240. The van der Waals surface area contributed by atoms with Gasteiger partial charge in [-0.3, -0.25) is 14.4 Å². The van der Waals surface area contributed by atoms with Crippen LogP contribution < -0.4 is 0 Å². The summed E-state index contributed by atoms with van der Waals surface area (Å²) >= 11 is 0. The fourth-order valence-corrected chi connectivity index (χ4v) is 8.62. The normalized spacial score (nSPS) is 27.7. The van der Waals surface area contributed by atoms with Crippen molar-refractivity contribution in [3.8, 4) is 6.07 Å². The minimum absolute atomic E-state index is 0.00367. The highest BCUT2D eigenvalue weighted by Crippen LogP contribution is 2.67. The Kier molecular flexibility index (Phi) is 11.7. The van der Waals surface area contributed by atoms with Crippen molar-refractivity contribution in [1.29, 1.82) is 5.26 Å². The lowest BCUT2D eigenvalue weighted by molar-refractivity contribution is -0.155. The summed E-state index contributed by atoms with van der Waals surface area (Å²) in [4.78, 5) is 39.0. The van der Waals surface area contributed by atoms with Gasteiger partial charge in [-0.15, -0.1) is 0 Å². The van der Waals surface area contributed by atoms with Crippen molar-refractivity contribution in [2.75, 3.05) is 0 Å². The highest BCUT2D eigenvalue weighted by Gasteiger charge is 2.61. The van der Waals surface area contributed by atoms with Crippen molar-refractivity contribution in [2.45, 2.75) is 167 Å². The molecular weight excluding hydrogens is 558 g/mol. The molecule has 254 valence electrons. The molecule has 2 rings (SSSR count). The summed E-state index contributed by atoms with van der Waals surface area (Å²) in [5.74, 6) is -0.232. The zero-order valence-electron chi connectivity index (χ0n) is 31.4. The Morgan fingerprint density at radius 3 is 2.04 bits per heavy atom. The molecule has 5 heteroatoms. The SMILES string of the molecule is CCCC(C)(C)CC[C@](C)(CCC(=O)OC(C)(C)C)CCC(C)(C)[C@]1(C)CC[C@H]2C(C)(C)C(=O)C(C#N)=C[C@]2(C)/C1=C/C(C)=O. The van der Waals surface area contributed by atoms with Gasteiger partial charge in [-0.25, -0.2) is 0 Å². The van der Waals surface area contributed by atoms with Crippen LogP contribution in [0.2, 0.25) is 0 Å². The van der Waals surface area contributed by atoms with Gasteiger partial charge in [0.05, 0.1) is 5.57 Å². The van der Waals surface area contributed by atoms with Crippen molar-refractivity contribution in [3.05, 3.63) is 23.3 Å². The number of esters is 1. The number of allylic oxidation sites excluding steroid dienone is 4. The van der Waals surface area contributed by atoms with E-state index in [4.69, 9.17) is 4.74 Å². The Labute approximate surface area is 276 Å². The molecule has 4 atom stereocenters. The second-order valence-corrected chi connectivity index (χ2v) is 18.3. The van der Waals surface area contributed by atoms with E-state index >= 15 is 0 Å². The van der Waals surface area contributed by atoms with Gasteiger partial charge in [-0.05, 0) is 113 Å². The van der Waals surface area contributed by atoms with Crippen LogP contribution in [0.4, 0.5) is 0 Å². The largest absolute Gasteiger partial charge is 0.460 e. The molecule has 0 aromatic heterocycles. The number of carbonyl (C=O) groups is 3. The van der Waals surface area contributed by atoms with E-state index in [1.165, 1.54) is 6.42 Å². The molecule has 0 aromatic rings. The first kappa shape index (κ1) is 39.0. The summed E-state index contributed by atoms with van der Waals surface area (Å²) < 4.78 is 5.70. The summed E-state index contributed by atoms with van der Waals surface area (Å²) in [5.41, 5.74) is -0.843. The molecular formula is C40H65NO4. The Morgan fingerprint density at radius 2 is 1.53 bits per heavy atom. The number of ether oxygens (including phenoxy) is 1. The predicted octanol–water partition coefficient (Wildman–Crippen LogP) is 10.5. The number of carbonyl (C=O) groups excluding carboxylic acids is 3. The molecule has 0 N–H and O–H groups in total. The van der Waals surface area contributed by atoms with E-state index in [-0.39, 0.29) is 50.7 Å². The lowest BCUT2D eigenvalue weighted by Crippen LogP contribution is -2.55. The number of hydrogen-bond acceptors (Lipinski definition) is 5. The van der Waals surface area contributed by atoms with Gasteiger partial charge < -0.3 is 4.74 Å². The molecule has 0 heterocycles. The first-order valence-electron chi connectivity index (χ1n) is 17.4. The molecule has 0 spiro atoms. The Balaban J connectivity index is 2.50. The van der Waals surface area contributed by atoms with Crippen LogP contribution in [0, 0.1) is 49.7 Å². The first-order chi connectivity index (χ1) is 20.3. The first-order valence-corrected chi connectivity index (χ1v) is 17.4. The van der Waals surface area contributed by atoms with E-state index in [1.54, 1.807) is 6.92 Å². The van der Waals surface area contributed by atoms with Crippen molar-refractivity contribution in [2.24, 2.45) is 38.4 Å². The summed E-state index contributed by atoms with van der Waals surface area (Å²) in [6.07, 6.45) is 12.9. The van der Waals surface area contributed by atoms with Crippen LogP contribution in [0.3, 0.4) is 0 Å². The van der Waals surface area contributed by atoms with Crippen LogP contribution in [0.5, 0.6) is 0 Å². The molecule has 1 fully saturated rings.